The predicted molar refractivity (Wildman–Crippen MR) is 54.5 cm³/mol. The van der Waals surface area contributed by atoms with E-state index >= 15 is 0 Å². The molecular weight excluding hydrogens is 164 g/mol. The van der Waals surface area contributed by atoms with Gasteiger partial charge in [0.25, 0.3) is 0 Å². The van der Waals surface area contributed by atoms with Crippen LogP contribution in [-0.2, 0) is 4.74 Å². The van der Waals surface area contributed by atoms with Gasteiger partial charge in [0.15, 0.2) is 0 Å². The SMILES string of the molecule is COCCNC1(C)C=CC=CC1N. The molecule has 74 valence electrons. The van der Waals surface area contributed by atoms with Crippen molar-refractivity contribution in [3.05, 3.63) is 24.3 Å². The highest BCUT2D eigenvalue weighted by atomic mass is 16.5. The molecule has 2 atom stereocenters. The van der Waals surface area contributed by atoms with E-state index in [1.165, 1.54) is 0 Å². The molecule has 0 aromatic heterocycles. The highest BCUT2D eigenvalue weighted by Crippen LogP contribution is 2.15. The van der Waals surface area contributed by atoms with Gasteiger partial charge in [-0.1, -0.05) is 24.3 Å². The Kier molecular flexibility index (Phi) is 3.66. The molecule has 0 bridgehead atoms. The van der Waals surface area contributed by atoms with Crippen LogP contribution in [0, 0.1) is 0 Å². The molecule has 0 aromatic carbocycles. The number of hydrogen-bond acceptors (Lipinski definition) is 3. The van der Waals surface area contributed by atoms with Gasteiger partial charge in [-0.2, -0.15) is 0 Å². The fourth-order valence-electron chi connectivity index (χ4n) is 1.35. The third kappa shape index (κ3) is 2.66. The summed E-state index contributed by atoms with van der Waals surface area (Å²) in [5.41, 5.74) is 5.82. The lowest BCUT2D eigenvalue weighted by Crippen LogP contribution is -2.55. The normalized spacial score (nSPS) is 32.4. The van der Waals surface area contributed by atoms with Crippen LogP contribution in [-0.4, -0.2) is 31.8 Å². The monoisotopic (exact) mass is 182 g/mol. The number of nitrogens with two attached hydrogens (primary N) is 1. The third-order valence-corrected chi connectivity index (χ3v) is 2.38. The van der Waals surface area contributed by atoms with Crippen molar-refractivity contribution in [3.63, 3.8) is 0 Å². The van der Waals surface area contributed by atoms with Crippen molar-refractivity contribution in [1.82, 2.24) is 5.32 Å². The first-order valence-electron chi connectivity index (χ1n) is 4.54. The van der Waals surface area contributed by atoms with Gasteiger partial charge in [-0.25, -0.2) is 0 Å². The lowest BCUT2D eigenvalue weighted by atomic mass is 9.89. The minimum absolute atomic E-state index is 0.0364. The molecule has 3 heteroatoms. The summed E-state index contributed by atoms with van der Waals surface area (Å²) in [6.07, 6.45) is 8.08. The van der Waals surface area contributed by atoms with Gasteiger partial charge in [0.2, 0.25) is 0 Å². The second kappa shape index (κ2) is 4.56. The molecule has 1 rings (SSSR count). The maximum absolute atomic E-state index is 5.95. The number of ether oxygens (including phenoxy) is 1. The Labute approximate surface area is 79.6 Å². The topological polar surface area (TPSA) is 47.3 Å². The van der Waals surface area contributed by atoms with Crippen molar-refractivity contribution in [1.29, 1.82) is 0 Å². The summed E-state index contributed by atoms with van der Waals surface area (Å²) >= 11 is 0. The molecule has 3 nitrogen and oxygen atoms in total. The molecule has 0 spiro atoms. The number of nitrogens with one attached hydrogen (secondary N) is 1. The molecule has 0 saturated heterocycles. The Morgan fingerprint density at radius 1 is 1.54 bits per heavy atom. The van der Waals surface area contributed by atoms with Gasteiger partial charge in [-0.15, -0.1) is 0 Å². The van der Waals surface area contributed by atoms with Gasteiger partial charge in [-0.3, -0.25) is 0 Å². The molecule has 2 unspecified atom stereocenters. The van der Waals surface area contributed by atoms with Crippen molar-refractivity contribution in [3.8, 4) is 0 Å². The van der Waals surface area contributed by atoms with E-state index in [0.717, 1.165) is 6.54 Å². The van der Waals surface area contributed by atoms with E-state index in [2.05, 4.69) is 18.3 Å². The van der Waals surface area contributed by atoms with E-state index < -0.39 is 0 Å². The Morgan fingerprint density at radius 2 is 2.31 bits per heavy atom. The summed E-state index contributed by atoms with van der Waals surface area (Å²) in [4.78, 5) is 0. The fraction of sp³-hybridized carbons (Fsp3) is 0.600. The van der Waals surface area contributed by atoms with E-state index in [4.69, 9.17) is 10.5 Å². The average molecular weight is 182 g/mol. The minimum atomic E-state index is -0.132. The molecule has 0 heterocycles. The van der Waals surface area contributed by atoms with Crippen molar-refractivity contribution < 1.29 is 4.74 Å². The third-order valence-electron chi connectivity index (χ3n) is 2.38. The lowest BCUT2D eigenvalue weighted by Gasteiger charge is -2.33. The smallest absolute Gasteiger partial charge is 0.0587 e. The van der Waals surface area contributed by atoms with Crippen molar-refractivity contribution in [2.75, 3.05) is 20.3 Å². The van der Waals surface area contributed by atoms with Gasteiger partial charge in [0, 0.05) is 19.7 Å². The van der Waals surface area contributed by atoms with E-state index in [9.17, 15) is 0 Å². The second-order valence-electron chi connectivity index (χ2n) is 3.47. The van der Waals surface area contributed by atoms with Crippen LogP contribution in [0.2, 0.25) is 0 Å². The highest BCUT2D eigenvalue weighted by molar-refractivity contribution is 5.25. The standard InChI is InChI=1S/C10H18N2O/c1-10(12-7-8-13-2)6-4-3-5-9(10)11/h3-6,9,12H,7-8,11H2,1-2H3. The van der Waals surface area contributed by atoms with E-state index in [1.807, 2.05) is 18.2 Å². The highest BCUT2D eigenvalue weighted by Gasteiger charge is 2.27. The van der Waals surface area contributed by atoms with Crippen LogP contribution in [0.1, 0.15) is 6.92 Å². The number of rotatable bonds is 4. The van der Waals surface area contributed by atoms with E-state index in [-0.39, 0.29) is 11.6 Å². The molecule has 13 heavy (non-hydrogen) atoms. The van der Waals surface area contributed by atoms with Gasteiger partial charge >= 0.3 is 0 Å². The number of methoxy groups -OCH3 is 1. The molecule has 0 fully saturated rings. The van der Waals surface area contributed by atoms with Crippen LogP contribution < -0.4 is 11.1 Å². The Bertz CT molecular complexity index is 213. The van der Waals surface area contributed by atoms with E-state index in [0.29, 0.717) is 6.61 Å². The summed E-state index contributed by atoms with van der Waals surface area (Å²) < 4.78 is 4.97. The van der Waals surface area contributed by atoms with Crippen LogP contribution in [0.3, 0.4) is 0 Å². The largest absolute Gasteiger partial charge is 0.383 e. The van der Waals surface area contributed by atoms with Crippen LogP contribution in [0.4, 0.5) is 0 Å². The maximum Gasteiger partial charge on any atom is 0.0587 e. The summed E-state index contributed by atoms with van der Waals surface area (Å²) in [5.74, 6) is 0. The van der Waals surface area contributed by atoms with Gasteiger partial charge in [0.05, 0.1) is 12.1 Å². The average Bonchev–Trinajstić information content (AvgIpc) is 2.11. The molecule has 1 aliphatic rings. The fourth-order valence-corrected chi connectivity index (χ4v) is 1.35. The Balaban J connectivity index is 2.45. The summed E-state index contributed by atoms with van der Waals surface area (Å²) in [6.45, 7) is 3.62. The molecule has 0 aromatic rings. The first-order valence-corrected chi connectivity index (χ1v) is 4.54. The first kappa shape index (κ1) is 10.4. The van der Waals surface area contributed by atoms with Crippen molar-refractivity contribution in [2.24, 2.45) is 5.73 Å². The number of hydrogen-bond donors (Lipinski definition) is 2. The predicted octanol–water partition coefficient (Wildman–Crippen LogP) is 0.434. The van der Waals surface area contributed by atoms with Gasteiger partial charge in [-0.05, 0) is 6.92 Å². The first-order chi connectivity index (χ1) is 6.19. The molecule has 3 N–H and O–H groups in total. The van der Waals surface area contributed by atoms with Crippen LogP contribution in [0.25, 0.3) is 0 Å². The van der Waals surface area contributed by atoms with Crippen LogP contribution in [0.5, 0.6) is 0 Å². The van der Waals surface area contributed by atoms with Crippen LogP contribution >= 0.6 is 0 Å². The second-order valence-corrected chi connectivity index (χ2v) is 3.47. The van der Waals surface area contributed by atoms with Crippen molar-refractivity contribution >= 4 is 0 Å². The minimum Gasteiger partial charge on any atom is -0.383 e. The van der Waals surface area contributed by atoms with E-state index in [1.54, 1.807) is 7.11 Å². The number of allylic oxidation sites excluding steroid dienone is 2. The molecule has 0 radical (unpaired) electrons. The maximum atomic E-state index is 5.95. The zero-order chi connectivity index (χ0) is 9.73. The van der Waals surface area contributed by atoms with Gasteiger partial charge < -0.3 is 15.8 Å². The molecule has 0 amide bonds. The zero-order valence-electron chi connectivity index (χ0n) is 8.29. The summed E-state index contributed by atoms with van der Waals surface area (Å²) in [6, 6.07) is 0.0364. The van der Waals surface area contributed by atoms with Crippen molar-refractivity contribution in [2.45, 2.75) is 18.5 Å². The lowest BCUT2D eigenvalue weighted by molar-refractivity contribution is 0.190. The molecule has 1 aliphatic carbocycles. The van der Waals surface area contributed by atoms with Gasteiger partial charge in [0.1, 0.15) is 0 Å². The summed E-state index contributed by atoms with van der Waals surface area (Å²) in [5, 5.41) is 3.36. The Morgan fingerprint density at radius 3 is 2.92 bits per heavy atom. The quantitative estimate of drug-likeness (QED) is 0.620. The summed E-state index contributed by atoms with van der Waals surface area (Å²) in [7, 11) is 1.69. The zero-order valence-corrected chi connectivity index (χ0v) is 8.29. The molecular formula is C10H18N2O. The van der Waals surface area contributed by atoms with Crippen LogP contribution in [0.15, 0.2) is 24.3 Å². The Hall–Kier alpha value is -0.640. The molecule has 0 saturated carbocycles. The molecule has 0 aliphatic heterocycles.